The van der Waals surface area contributed by atoms with Crippen LogP contribution in [-0.2, 0) is 9.59 Å². The summed E-state index contributed by atoms with van der Waals surface area (Å²) < 4.78 is 0. The van der Waals surface area contributed by atoms with E-state index in [9.17, 15) is 9.59 Å². The molecule has 1 aliphatic rings. The molecule has 19 heavy (non-hydrogen) atoms. The third-order valence-electron chi connectivity index (χ3n) is 3.64. The Morgan fingerprint density at radius 3 is 2.16 bits per heavy atom. The van der Waals surface area contributed by atoms with Crippen LogP contribution in [0.2, 0.25) is 0 Å². The fourth-order valence-electron chi connectivity index (χ4n) is 2.19. The van der Waals surface area contributed by atoms with E-state index in [1.165, 1.54) is 19.3 Å². The second-order valence-corrected chi connectivity index (χ2v) is 5.64. The van der Waals surface area contributed by atoms with Gasteiger partial charge in [-0.05, 0) is 18.8 Å². The average molecular weight is 269 g/mol. The minimum absolute atomic E-state index is 0.00575. The van der Waals surface area contributed by atoms with Gasteiger partial charge in [0, 0.05) is 13.1 Å². The van der Waals surface area contributed by atoms with Crippen LogP contribution in [0.25, 0.3) is 0 Å². The zero-order valence-corrected chi connectivity index (χ0v) is 12.2. The molecule has 1 saturated heterocycles. The fourth-order valence-corrected chi connectivity index (χ4v) is 2.19. The van der Waals surface area contributed by atoms with E-state index in [0.29, 0.717) is 0 Å². The van der Waals surface area contributed by atoms with Crippen LogP contribution in [0.15, 0.2) is 0 Å². The lowest BCUT2D eigenvalue weighted by Gasteiger charge is -2.25. The zero-order valence-electron chi connectivity index (χ0n) is 12.2. The molecule has 1 fully saturated rings. The monoisotopic (exact) mass is 269 g/mol. The summed E-state index contributed by atoms with van der Waals surface area (Å²) in [6.45, 7) is 5.48. The molecule has 0 aromatic heterocycles. The van der Waals surface area contributed by atoms with Crippen LogP contribution in [0.3, 0.4) is 0 Å². The Labute approximate surface area is 115 Å². The molecule has 5 nitrogen and oxygen atoms in total. The van der Waals surface area contributed by atoms with E-state index in [4.69, 9.17) is 5.73 Å². The molecule has 110 valence electrons. The third kappa shape index (κ3) is 5.59. The first-order valence-electron chi connectivity index (χ1n) is 7.33. The van der Waals surface area contributed by atoms with Crippen molar-refractivity contribution in [2.45, 2.75) is 52.0 Å². The maximum atomic E-state index is 12.0. The summed E-state index contributed by atoms with van der Waals surface area (Å²) in [4.78, 5) is 25.6. The molecule has 1 atom stereocenters. The second kappa shape index (κ2) is 8.15. The van der Waals surface area contributed by atoms with Gasteiger partial charge in [-0.15, -0.1) is 0 Å². The van der Waals surface area contributed by atoms with E-state index >= 15 is 0 Å². The molecule has 5 heteroatoms. The molecule has 1 aliphatic heterocycles. The molecule has 0 aromatic carbocycles. The van der Waals surface area contributed by atoms with Crippen LogP contribution in [0.1, 0.15) is 46.0 Å². The lowest BCUT2D eigenvalue weighted by molar-refractivity contribution is -0.133. The van der Waals surface area contributed by atoms with Crippen molar-refractivity contribution in [1.82, 2.24) is 10.2 Å². The minimum atomic E-state index is -0.542. The maximum Gasteiger partial charge on any atom is 0.241 e. The molecule has 0 saturated carbocycles. The quantitative estimate of drug-likeness (QED) is 0.795. The normalized spacial score (nSPS) is 18.6. The number of nitrogens with one attached hydrogen (secondary N) is 1. The molecule has 0 bridgehead atoms. The number of hydrogen-bond donors (Lipinski definition) is 2. The van der Waals surface area contributed by atoms with Crippen LogP contribution in [0, 0.1) is 5.92 Å². The molecule has 0 aliphatic carbocycles. The van der Waals surface area contributed by atoms with Crippen molar-refractivity contribution >= 4 is 11.8 Å². The Balaban J connectivity index is 2.34. The van der Waals surface area contributed by atoms with E-state index in [-0.39, 0.29) is 24.3 Å². The van der Waals surface area contributed by atoms with Crippen LogP contribution < -0.4 is 11.1 Å². The molecule has 2 amide bonds. The Kier molecular flexibility index (Phi) is 6.84. The van der Waals surface area contributed by atoms with Crippen molar-refractivity contribution in [2.24, 2.45) is 11.7 Å². The van der Waals surface area contributed by atoms with E-state index in [0.717, 1.165) is 25.9 Å². The highest BCUT2D eigenvalue weighted by atomic mass is 16.2. The number of amides is 2. The number of nitrogens with zero attached hydrogens (tertiary/aromatic N) is 1. The highest BCUT2D eigenvalue weighted by molar-refractivity contribution is 5.87. The molecule has 0 spiro atoms. The average Bonchev–Trinajstić information content (AvgIpc) is 2.34. The number of hydrogen-bond acceptors (Lipinski definition) is 3. The molecule has 0 radical (unpaired) electrons. The topological polar surface area (TPSA) is 75.4 Å². The minimum Gasteiger partial charge on any atom is -0.346 e. The largest absolute Gasteiger partial charge is 0.346 e. The lowest BCUT2D eigenvalue weighted by Crippen LogP contribution is -2.48. The number of nitrogens with two attached hydrogens (primary N) is 1. The summed E-state index contributed by atoms with van der Waals surface area (Å²) in [6.07, 6.45) is 5.77. The molecule has 3 N–H and O–H groups in total. The van der Waals surface area contributed by atoms with Crippen molar-refractivity contribution in [3.8, 4) is 0 Å². The highest BCUT2D eigenvalue weighted by Gasteiger charge is 2.19. The van der Waals surface area contributed by atoms with Gasteiger partial charge in [-0.25, -0.2) is 0 Å². The van der Waals surface area contributed by atoms with Gasteiger partial charge in [0.15, 0.2) is 0 Å². The predicted octanol–water partition coefficient (Wildman–Crippen LogP) is 0.879. The predicted molar refractivity (Wildman–Crippen MR) is 75.5 cm³/mol. The molecule has 1 heterocycles. The SMILES string of the molecule is CC(C)[C@H](N)C(=O)NCC(=O)N1CCCCCCC1. The van der Waals surface area contributed by atoms with Crippen molar-refractivity contribution < 1.29 is 9.59 Å². The number of likely N-dealkylation sites (tertiary alicyclic amines) is 1. The van der Waals surface area contributed by atoms with Crippen molar-refractivity contribution in [1.29, 1.82) is 0 Å². The summed E-state index contributed by atoms with van der Waals surface area (Å²) in [5.41, 5.74) is 5.73. The van der Waals surface area contributed by atoms with Gasteiger partial charge >= 0.3 is 0 Å². The summed E-state index contributed by atoms with van der Waals surface area (Å²) in [7, 11) is 0. The summed E-state index contributed by atoms with van der Waals surface area (Å²) in [5, 5.41) is 2.64. The van der Waals surface area contributed by atoms with E-state index in [2.05, 4.69) is 5.32 Å². The molecule has 0 unspecified atom stereocenters. The van der Waals surface area contributed by atoms with Gasteiger partial charge in [-0.3, -0.25) is 9.59 Å². The van der Waals surface area contributed by atoms with E-state index in [1.54, 1.807) is 0 Å². The van der Waals surface area contributed by atoms with Gasteiger partial charge in [0.2, 0.25) is 11.8 Å². The summed E-state index contributed by atoms with van der Waals surface area (Å²) >= 11 is 0. The smallest absolute Gasteiger partial charge is 0.241 e. The molecule has 0 aromatic rings. The van der Waals surface area contributed by atoms with Gasteiger partial charge in [-0.1, -0.05) is 33.1 Å². The van der Waals surface area contributed by atoms with Crippen LogP contribution in [0.5, 0.6) is 0 Å². The molecular weight excluding hydrogens is 242 g/mol. The van der Waals surface area contributed by atoms with Crippen LogP contribution in [0.4, 0.5) is 0 Å². The maximum absolute atomic E-state index is 12.0. The lowest BCUT2D eigenvalue weighted by atomic mass is 10.1. The molecular formula is C14H27N3O2. The Morgan fingerprint density at radius 2 is 1.63 bits per heavy atom. The van der Waals surface area contributed by atoms with Gasteiger partial charge < -0.3 is 16.0 Å². The second-order valence-electron chi connectivity index (χ2n) is 5.64. The van der Waals surface area contributed by atoms with Gasteiger partial charge in [-0.2, -0.15) is 0 Å². The van der Waals surface area contributed by atoms with Gasteiger partial charge in [0.25, 0.3) is 0 Å². The van der Waals surface area contributed by atoms with Crippen molar-refractivity contribution in [2.75, 3.05) is 19.6 Å². The van der Waals surface area contributed by atoms with Gasteiger partial charge in [0.1, 0.15) is 0 Å². The standard InChI is InChI=1S/C14H27N3O2/c1-11(2)13(15)14(19)16-10-12(18)17-8-6-4-3-5-7-9-17/h11,13H,3-10,15H2,1-2H3,(H,16,19)/t13-/m0/s1. The van der Waals surface area contributed by atoms with E-state index < -0.39 is 6.04 Å². The number of carbonyl (C=O) groups is 2. The Morgan fingerprint density at radius 1 is 1.11 bits per heavy atom. The first-order valence-corrected chi connectivity index (χ1v) is 7.33. The van der Waals surface area contributed by atoms with Crippen molar-refractivity contribution in [3.05, 3.63) is 0 Å². The van der Waals surface area contributed by atoms with Crippen LogP contribution >= 0.6 is 0 Å². The third-order valence-corrected chi connectivity index (χ3v) is 3.64. The van der Waals surface area contributed by atoms with Crippen LogP contribution in [-0.4, -0.2) is 42.4 Å². The first kappa shape index (κ1) is 16.0. The fraction of sp³-hybridized carbons (Fsp3) is 0.857. The summed E-state index contributed by atoms with van der Waals surface area (Å²) in [5.74, 6) is -0.154. The van der Waals surface area contributed by atoms with Crippen molar-refractivity contribution in [3.63, 3.8) is 0 Å². The van der Waals surface area contributed by atoms with Gasteiger partial charge in [0.05, 0.1) is 12.6 Å². The number of rotatable bonds is 4. The Bertz CT molecular complexity index is 297. The summed E-state index contributed by atoms with van der Waals surface area (Å²) in [6, 6.07) is -0.542. The first-order chi connectivity index (χ1) is 9.02. The zero-order chi connectivity index (χ0) is 14.3. The molecule has 1 rings (SSSR count). The number of carbonyl (C=O) groups excluding carboxylic acids is 2. The highest BCUT2D eigenvalue weighted by Crippen LogP contribution is 2.10. The van der Waals surface area contributed by atoms with E-state index in [1.807, 2.05) is 18.7 Å². The Hall–Kier alpha value is -1.10.